The van der Waals surface area contributed by atoms with Gasteiger partial charge in [0.05, 0.1) is 11.6 Å². The molecule has 0 radical (unpaired) electrons. The predicted molar refractivity (Wildman–Crippen MR) is 107 cm³/mol. The molecule has 1 aliphatic heterocycles. The number of hydrogen-bond donors (Lipinski definition) is 2. The molecule has 1 aromatic rings. The molecule has 27 heavy (non-hydrogen) atoms. The van der Waals surface area contributed by atoms with Gasteiger partial charge < -0.3 is 9.84 Å². The lowest BCUT2D eigenvalue weighted by atomic mass is 9.74. The summed E-state index contributed by atoms with van der Waals surface area (Å²) in [5.41, 5.74) is -0.980. The van der Waals surface area contributed by atoms with Crippen molar-refractivity contribution in [1.29, 1.82) is 0 Å². The average Bonchev–Trinajstić information content (AvgIpc) is 2.54. The zero-order valence-electron chi connectivity index (χ0n) is 16.6. The van der Waals surface area contributed by atoms with E-state index < -0.39 is 23.3 Å². The monoisotopic (exact) mass is 396 g/mol. The van der Waals surface area contributed by atoms with Gasteiger partial charge in [-0.3, -0.25) is 10.3 Å². The quantitative estimate of drug-likeness (QED) is 0.789. The number of rotatable bonds is 4. The summed E-state index contributed by atoms with van der Waals surface area (Å²) in [6, 6.07) is 6.59. The van der Waals surface area contributed by atoms with Crippen molar-refractivity contribution < 1.29 is 19.0 Å². The molecule has 1 aromatic carbocycles. The van der Waals surface area contributed by atoms with Crippen LogP contribution < -0.4 is 5.32 Å². The molecule has 0 bridgehead atoms. The molecular formula is C20H29FN2O3S. The summed E-state index contributed by atoms with van der Waals surface area (Å²) in [6.45, 7) is 9.04. The van der Waals surface area contributed by atoms with Gasteiger partial charge in [-0.2, -0.15) is 0 Å². The highest BCUT2D eigenvalue weighted by molar-refractivity contribution is 8.13. The Bertz CT molecular complexity index is 703. The first-order valence-corrected chi connectivity index (χ1v) is 10.2. The average molecular weight is 397 g/mol. The normalized spacial score (nSPS) is 24.1. The molecule has 3 atom stereocenters. The second-order valence-corrected chi connectivity index (χ2v) is 8.90. The molecule has 0 saturated carbocycles. The lowest BCUT2D eigenvalue weighted by molar-refractivity contribution is 0.0563. The molecule has 0 unspecified atom stereocenters. The maximum Gasteiger partial charge on any atom is 0.413 e. The molecule has 1 aliphatic rings. The number of carbonyl (C=O) groups is 1. The van der Waals surface area contributed by atoms with Gasteiger partial charge in [-0.25, -0.2) is 9.18 Å². The van der Waals surface area contributed by atoms with E-state index in [4.69, 9.17) is 9.73 Å². The van der Waals surface area contributed by atoms with Crippen LogP contribution in [0.3, 0.4) is 0 Å². The van der Waals surface area contributed by atoms with Gasteiger partial charge in [-0.15, -0.1) is 0 Å². The number of benzene rings is 1. The van der Waals surface area contributed by atoms with Crippen LogP contribution in [0.1, 0.15) is 53.0 Å². The van der Waals surface area contributed by atoms with E-state index >= 15 is 0 Å². The fourth-order valence-electron chi connectivity index (χ4n) is 3.40. The maximum absolute atomic E-state index is 14.7. The van der Waals surface area contributed by atoms with Gasteiger partial charge in [-0.05, 0) is 46.6 Å². The predicted octanol–water partition coefficient (Wildman–Crippen LogP) is 4.45. The van der Waals surface area contributed by atoms with Crippen molar-refractivity contribution in [2.75, 3.05) is 5.75 Å². The van der Waals surface area contributed by atoms with Gasteiger partial charge in [0.15, 0.2) is 5.17 Å². The second kappa shape index (κ2) is 8.61. The molecule has 0 spiro atoms. The highest BCUT2D eigenvalue weighted by Crippen LogP contribution is 2.45. The Kier molecular flexibility index (Phi) is 6.92. The molecule has 1 heterocycles. The maximum atomic E-state index is 14.7. The number of amides is 1. The van der Waals surface area contributed by atoms with E-state index in [1.165, 1.54) is 17.8 Å². The van der Waals surface area contributed by atoms with Crippen LogP contribution in [0.5, 0.6) is 0 Å². The largest absolute Gasteiger partial charge is 0.444 e. The second-order valence-electron chi connectivity index (χ2n) is 7.89. The molecule has 0 fully saturated rings. The minimum Gasteiger partial charge on any atom is -0.444 e. The topological polar surface area (TPSA) is 70.9 Å². The summed E-state index contributed by atoms with van der Waals surface area (Å²) >= 11 is 1.39. The molecule has 0 aliphatic carbocycles. The molecule has 2 rings (SSSR count). The molecule has 5 nitrogen and oxygen atoms in total. The highest BCUT2D eigenvalue weighted by Gasteiger charge is 2.44. The van der Waals surface area contributed by atoms with Crippen LogP contribution in [0.15, 0.2) is 29.3 Å². The number of nitrogens with one attached hydrogen (secondary N) is 1. The van der Waals surface area contributed by atoms with Crippen LogP contribution >= 0.6 is 11.8 Å². The summed E-state index contributed by atoms with van der Waals surface area (Å²) in [5.74, 6) is 0.220. The fraction of sp³-hybridized carbons (Fsp3) is 0.600. The van der Waals surface area contributed by atoms with E-state index in [0.29, 0.717) is 29.3 Å². The number of halogens is 1. The van der Waals surface area contributed by atoms with Crippen molar-refractivity contribution in [2.24, 2.45) is 10.9 Å². The molecule has 0 saturated heterocycles. The molecule has 0 aromatic heterocycles. The minimum atomic E-state index is -0.849. The number of hydrogen-bond acceptors (Lipinski definition) is 5. The summed E-state index contributed by atoms with van der Waals surface area (Å²) in [7, 11) is 0. The van der Waals surface area contributed by atoms with Crippen LogP contribution in [-0.4, -0.2) is 33.8 Å². The molecular weight excluding hydrogens is 367 g/mol. The third-order valence-electron chi connectivity index (χ3n) is 4.51. The number of alkyl carbamates (subject to hydrolysis) is 1. The van der Waals surface area contributed by atoms with Crippen molar-refractivity contribution in [1.82, 2.24) is 5.32 Å². The van der Waals surface area contributed by atoms with Crippen molar-refractivity contribution >= 4 is 23.0 Å². The summed E-state index contributed by atoms with van der Waals surface area (Å²) in [4.78, 5) is 16.9. The van der Waals surface area contributed by atoms with Crippen molar-refractivity contribution in [3.63, 3.8) is 0 Å². The number of thioether (sulfide) groups is 1. The molecule has 7 heteroatoms. The lowest BCUT2D eigenvalue weighted by Gasteiger charge is -2.41. The van der Waals surface area contributed by atoms with Crippen LogP contribution in [0.2, 0.25) is 0 Å². The van der Waals surface area contributed by atoms with Crippen LogP contribution in [0.4, 0.5) is 9.18 Å². The van der Waals surface area contributed by atoms with E-state index in [-0.39, 0.29) is 11.7 Å². The Hall–Kier alpha value is -1.60. The van der Waals surface area contributed by atoms with Gasteiger partial charge in [0.25, 0.3) is 0 Å². The first-order chi connectivity index (χ1) is 12.6. The van der Waals surface area contributed by atoms with Crippen LogP contribution in [-0.2, 0) is 10.3 Å². The number of aliphatic hydroxyl groups excluding tert-OH is 1. The Morgan fingerprint density at radius 2 is 2.15 bits per heavy atom. The Balaban J connectivity index is 2.42. The van der Waals surface area contributed by atoms with Gasteiger partial charge >= 0.3 is 6.09 Å². The number of nitrogens with zero attached hydrogens (tertiary/aromatic N) is 1. The number of carbonyl (C=O) groups excluding carboxylic acids is 1. The number of amidine groups is 1. The third-order valence-corrected chi connectivity index (χ3v) is 5.55. The minimum absolute atomic E-state index is 0.0615. The zero-order valence-corrected chi connectivity index (χ0v) is 17.4. The third kappa shape index (κ3) is 5.45. The van der Waals surface area contributed by atoms with E-state index in [1.807, 2.05) is 6.92 Å². The summed E-state index contributed by atoms with van der Waals surface area (Å²) in [5, 5.41) is 13.1. The number of aliphatic hydroxyl groups is 1. The fourth-order valence-corrected chi connectivity index (χ4v) is 4.56. The van der Waals surface area contributed by atoms with Gasteiger partial charge in [0, 0.05) is 17.2 Å². The molecule has 2 N–H and O–H groups in total. The van der Waals surface area contributed by atoms with Crippen molar-refractivity contribution in [2.45, 2.75) is 64.7 Å². The first-order valence-electron chi connectivity index (χ1n) is 9.23. The highest BCUT2D eigenvalue weighted by atomic mass is 32.2. The van der Waals surface area contributed by atoms with E-state index in [0.717, 1.165) is 0 Å². The lowest BCUT2D eigenvalue weighted by Crippen LogP contribution is -2.44. The van der Waals surface area contributed by atoms with Crippen LogP contribution in [0.25, 0.3) is 0 Å². The van der Waals surface area contributed by atoms with Gasteiger partial charge in [-0.1, -0.05) is 36.9 Å². The molecule has 1 amide bonds. The Labute approximate surface area is 164 Å². The van der Waals surface area contributed by atoms with E-state index in [9.17, 15) is 14.3 Å². The Morgan fingerprint density at radius 1 is 1.48 bits per heavy atom. The van der Waals surface area contributed by atoms with E-state index in [2.05, 4.69) is 5.32 Å². The first kappa shape index (κ1) is 21.7. The van der Waals surface area contributed by atoms with Gasteiger partial charge in [0.2, 0.25) is 0 Å². The SMILES string of the molecule is CC[C@]1(c2ccccc2F)N=C(NC(=O)OC(C)(C)C)SC[C@@H]1C[C@H](C)O. The molecule has 150 valence electrons. The summed E-state index contributed by atoms with van der Waals surface area (Å²) in [6.07, 6.45) is -0.0610. The zero-order chi connectivity index (χ0) is 20.2. The number of aliphatic imine (C=N–C) groups is 1. The van der Waals surface area contributed by atoms with E-state index in [1.54, 1.807) is 45.9 Å². The van der Waals surface area contributed by atoms with Crippen molar-refractivity contribution in [3.05, 3.63) is 35.6 Å². The summed E-state index contributed by atoms with van der Waals surface area (Å²) < 4.78 is 20.0. The van der Waals surface area contributed by atoms with Gasteiger partial charge in [0.1, 0.15) is 11.4 Å². The Morgan fingerprint density at radius 3 is 2.70 bits per heavy atom. The van der Waals surface area contributed by atoms with Crippen molar-refractivity contribution in [3.8, 4) is 0 Å². The smallest absolute Gasteiger partial charge is 0.413 e. The standard InChI is InChI=1S/C20H29FN2O3S/c1-6-20(15-9-7-8-10-16(15)21)14(11-13(2)24)12-27-17(23-20)22-18(25)26-19(3,4)5/h7-10,13-14,24H,6,11-12H2,1-5H3,(H,22,23,25)/t13-,14-,20-/m0/s1. The van der Waals surface area contributed by atoms with Crippen LogP contribution in [0, 0.1) is 11.7 Å². The number of ether oxygens (including phenoxy) is 1.